The summed E-state index contributed by atoms with van der Waals surface area (Å²) in [7, 11) is 5.86. The Morgan fingerprint density at radius 1 is 0.569 bits per heavy atom. The lowest BCUT2D eigenvalue weighted by Crippen LogP contribution is -2.38. The highest BCUT2D eigenvalue weighted by molar-refractivity contribution is 5.72. The molecule has 0 saturated heterocycles. The topological polar surface area (TPSA) is 128 Å². The highest BCUT2D eigenvalue weighted by Crippen LogP contribution is 2.32. The van der Waals surface area contributed by atoms with Gasteiger partial charge in [-0.25, -0.2) is 24.9 Å². The molecule has 312 valence electrons. The minimum Gasteiger partial charge on any atom is -0.373 e. The summed E-state index contributed by atoms with van der Waals surface area (Å²) in [4.78, 5) is 24.1. The van der Waals surface area contributed by atoms with Crippen molar-refractivity contribution in [3.05, 3.63) is 111 Å². The fourth-order valence-corrected chi connectivity index (χ4v) is 7.39. The van der Waals surface area contributed by atoms with Gasteiger partial charge in [0.15, 0.2) is 0 Å². The molecule has 0 spiro atoms. The van der Waals surface area contributed by atoms with Gasteiger partial charge in [0, 0.05) is 74.8 Å². The number of pyridine rings is 5. The molecule has 3 atom stereocenters. The van der Waals surface area contributed by atoms with E-state index in [1.165, 1.54) is 58.3 Å². The van der Waals surface area contributed by atoms with Crippen molar-refractivity contribution in [1.29, 1.82) is 0 Å². The molecule has 5 aromatic rings. The van der Waals surface area contributed by atoms with Crippen LogP contribution in [0.25, 0.3) is 0 Å². The van der Waals surface area contributed by atoms with Crippen LogP contribution in [0, 0.1) is 55.4 Å². The second-order valence-electron chi connectivity index (χ2n) is 16.1. The van der Waals surface area contributed by atoms with Gasteiger partial charge in [-0.3, -0.25) is 0 Å². The lowest BCUT2D eigenvalue weighted by Gasteiger charge is -2.33. The minimum atomic E-state index is 0.473. The van der Waals surface area contributed by atoms with Crippen LogP contribution in [0.3, 0.4) is 0 Å². The van der Waals surface area contributed by atoms with Crippen molar-refractivity contribution < 1.29 is 0 Å². The Morgan fingerprint density at radius 2 is 1.14 bits per heavy atom. The molecule has 3 aliphatic rings. The van der Waals surface area contributed by atoms with E-state index in [1.807, 2.05) is 66.9 Å². The van der Waals surface area contributed by atoms with Crippen LogP contribution in [0.15, 0.2) is 54.7 Å². The predicted molar refractivity (Wildman–Crippen MR) is 247 cm³/mol. The molecule has 0 amide bonds. The second-order valence-corrected chi connectivity index (χ2v) is 16.1. The van der Waals surface area contributed by atoms with E-state index in [4.69, 9.17) is 0 Å². The highest BCUT2D eigenvalue weighted by Gasteiger charge is 2.21. The van der Waals surface area contributed by atoms with Gasteiger partial charge in [0.25, 0.3) is 0 Å². The Balaban J connectivity index is 0.000000162. The Kier molecular flexibility index (Phi) is 16.7. The number of aryl methyl sites for hydroxylation is 9. The minimum absolute atomic E-state index is 0.473. The zero-order valence-electron chi connectivity index (χ0n) is 37.6. The van der Waals surface area contributed by atoms with Gasteiger partial charge in [0.2, 0.25) is 0 Å². The van der Waals surface area contributed by atoms with Crippen LogP contribution in [-0.4, -0.2) is 70.7 Å². The number of hydrogen-bond acceptors (Lipinski definition) is 11. The number of fused-ring (bicyclic) bond motifs is 3. The molecule has 11 heteroatoms. The van der Waals surface area contributed by atoms with E-state index in [2.05, 4.69) is 135 Å². The van der Waals surface area contributed by atoms with E-state index in [-0.39, 0.29) is 0 Å². The zero-order chi connectivity index (χ0) is 42.5. The third-order valence-electron chi connectivity index (χ3n) is 10.2. The molecular weight excluding hydrogens is 719 g/mol. The summed E-state index contributed by atoms with van der Waals surface area (Å²) >= 11 is 0. The Morgan fingerprint density at radius 3 is 1.78 bits per heavy atom. The van der Waals surface area contributed by atoms with Crippen molar-refractivity contribution in [1.82, 2.24) is 24.9 Å². The van der Waals surface area contributed by atoms with Crippen molar-refractivity contribution in [2.75, 3.05) is 59.2 Å². The number of anilines is 6. The number of aromatic nitrogens is 5. The average molecular weight is 788 g/mol. The van der Waals surface area contributed by atoms with Crippen LogP contribution in [0.2, 0.25) is 0 Å². The SMILES string of the molecule is CNc1cc(C)cc(C)n1.CNc1cc(C)ccn1.Cc1cc(C)c2c(n1)NC(C)CC2.Cc1cc(C)c2c(n1)NC(C)CN2C.Cc1ccc2c(n1)NC(C)CC2. The number of hydrogen-bond donors (Lipinski definition) is 5. The van der Waals surface area contributed by atoms with Crippen molar-refractivity contribution in [3.8, 4) is 0 Å². The lowest BCUT2D eigenvalue weighted by molar-refractivity contribution is 0.670. The molecule has 58 heavy (non-hydrogen) atoms. The third-order valence-corrected chi connectivity index (χ3v) is 10.2. The Labute approximate surface area is 348 Å². The van der Waals surface area contributed by atoms with Gasteiger partial charge < -0.3 is 31.5 Å². The zero-order valence-corrected chi connectivity index (χ0v) is 37.6. The fraction of sp³-hybridized carbons (Fsp3) is 0.468. The molecule has 5 N–H and O–H groups in total. The molecule has 3 aliphatic heterocycles. The molecule has 0 saturated carbocycles. The smallest absolute Gasteiger partial charge is 0.150 e. The normalized spacial score (nSPS) is 17.0. The third kappa shape index (κ3) is 13.6. The first kappa shape index (κ1) is 45.3. The number of nitrogens with one attached hydrogen (secondary N) is 5. The maximum Gasteiger partial charge on any atom is 0.150 e. The summed E-state index contributed by atoms with van der Waals surface area (Å²) in [5, 5.41) is 16.2. The van der Waals surface area contributed by atoms with Crippen LogP contribution >= 0.6 is 0 Å². The fourth-order valence-electron chi connectivity index (χ4n) is 7.39. The van der Waals surface area contributed by atoms with E-state index >= 15 is 0 Å². The maximum atomic E-state index is 4.52. The molecule has 0 radical (unpaired) electrons. The van der Waals surface area contributed by atoms with Crippen LogP contribution in [0.4, 0.5) is 34.8 Å². The number of nitrogens with zero attached hydrogens (tertiary/aromatic N) is 6. The summed E-state index contributed by atoms with van der Waals surface area (Å²) in [5.74, 6) is 5.10. The average Bonchev–Trinajstić information content (AvgIpc) is 3.14. The summed E-state index contributed by atoms with van der Waals surface area (Å²) in [6, 6.07) is 18.2. The first-order valence-electron chi connectivity index (χ1n) is 20.7. The monoisotopic (exact) mass is 788 g/mol. The molecule has 0 bridgehead atoms. The van der Waals surface area contributed by atoms with Crippen LogP contribution in [0.1, 0.15) is 89.8 Å². The Bertz CT molecular complexity index is 2080. The van der Waals surface area contributed by atoms with E-state index in [0.717, 1.165) is 64.8 Å². The molecule has 11 nitrogen and oxygen atoms in total. The van der Waals surface area contributed by atoms with E-state index < -0.39 is 0 Å². The van der Waals surface area contributed by atoms with Gasteiger partial charge in [-0.1, -0.05) is 6.07 Å². The summed E-state index contributed by atoms with van der Waals surface area (Å²) in [6.07, 6.45) is 6.57. The van der Waals surface area contributed by atoms with Gasteiger partial charge in [-0.2, -0.15) is 0 Å². The molecule has 0 aliphatic carbocycles. The Hall–Kier alpha value is -5.45. The first-order valence-corrected chi connectivity index (χ1v) is 20.7. The summed E-state index contributed by atoms with van der Waals surface area (Å²) in [6.45, 7) is 24.2. The number of likely N-dealkylation sites (N-methyl/N-ethyl adjacent to an activating group) is 1. The highest BCUT2D eigenvalue weighted by atomic mass is 15.2. The van der Waals surface area contributed by atoms with E-state index in [9.17, 15) is 0 Å². The van der Waals surface area contributed by atoms with Gasteiger partial charge in [0.1, 0.15) is 29.1 Å². The standard InChI is InChI=1S/C11H17N3.C11H16N2.C10H14N2.C8H12N2.C7H10N2/c1-7-5-8(2)12-11-10(7)14(4)6-9(3)13-11;1-7-6-9(3)13-11-10(7)5-4-8(2)12-11;1-7-3-5-9-6-4-8(2)12-10(9)11-7;1-6-4-7(2)10-8(5-6)9-3;1-6-3-4-9-7(5-6)8-2/h5,9H,6H2,1-4H3,(H,12,13);6,8H,4-5H2,1-3H3,(H,12,13);3,5,8H,4,6H2,1-2H3,(H,11,12);4-5H,1-3H3,(H,9,10);3-5H,1-2H3,(H,8,9). The molecule has 5 aromatic heterocycles. The van der Waals surface area contributed by atoms with Crippen molar-refractivity contribution in [3.63, 3.8) is 0 Å². The van der Waals surface area contributed by atoms with Gasteiger partial charge >= 0.3 is 0 Å². The molecular formula is C47H69N11. The first-order chi connectivity index (χ1) is 27.5. The van der Waals surface area contributed by atoms with Crippen molar-refractivity contribution >= 4 is 34.8 Å². The molecule has 0 aromatic carbocycles. The molecule has 0 fully saturated rings. The lowest BCUT2D eigenvalue weighted by atomic mass is 9.98. The summed E-state index contributed by atoms with van der Waals surface area (Å²) in [5.41, 5.74) is 13.5. The second kappa shape index (κ2) is 21.3. The molecule has 3 unspecified atom stereocenters. The van der Waals surface area contributed by atoms with Crippen LogP contribution in [-0.2, 0) is 12.8 Å². The molecule has 8 heterocycles. The van der Waals surface area contributed by atoms with E-state index in [0.29, 0.717) is 18.1 Å². The van der Waals surface area contributed by atoms with Gasteiger partial charge in [-0.15, -0.1) is 0 Å². The van der Waals surface area contributed by atoms with Crippen LogP contribution in [0.5, 0.6) is 0 Å². The number of rotatable bonds is 2. The van der Waals surface area contributed by atoms with E-state index in [1.54, 1.807) is 6.20 Å². The predicted octanol–water partition coefficient (Wildman–Crippen LogP) is 9.70. The maximum absolute atomic E-state index is 4.52. The molecule has 8 rings (SSSR count). The van der Waals surface area contributed by atoms with Crippen LogP contribution < -0.4 is 31.5 Å². The largest absolute Gasteiger partial charge is 0.373 e. The summed E-state index contributed by atoms with van der Waals surface area (Å²) < 4.78 is 0. The van der Waals surface area contributed by atoms with Crippen molar-refractivity contribution in [2.45, 2.75) is 120 Å². The van der Waals surface area contributed by atoms with Crippen molar-refractivity contribution in [2.24, 2.45) is 0 Å². The van der Waals surface area contributed by atoms with Gasteiger partial charge in [-0.05, 0) is 178 Å². The van der Waals surface area contributed by atoms with Gasteiger partial charge in [0.05, 0.1) is 5.69 Å². The quantitative estimate of drug-likeness (QED) is 0.117.